The molecule has 0 spiro atoms. The summed E-state index contributed by atoms with van der Waals surface area (Å²) in [6.07, 6.45) is -0.736. The molecule has 0 bridgehead atoms. The van der Waals surface area contributed by atoms with Crippen LogP contribution in [0.2, 0.25) is 0 Å². The average molecular weight is 424 g/mol. The Labute approximate surface area is 179 Å². The van der Waals surface area contributed by atoms with E-state index in [-0.39, 0.29) is 25.7 Å². The van der Waals surface area contributed by atoms with Gasteiger partial charge in [-0.2, -0.15) is 0 Å². The molecule has 1 aliphatic heterocycles. The number of nitrogens with one attached hydrogen (secondary N) is 1. The molecule has 1 fully saturated rings. The Bertz CT molecular complexity index is 989. The zero-order valence-electron chi connectivity index (χ0n) is 17.3. The van der Waals surface area contributed by atoms with Crippen molar-refractivity contribution in [2.75, 3.05) is 19.8 Å². The van der Waals surface area contributed by atoms with E-state index in [2.05, 4.69) is 5.32 Å². The Morgan fingerprint density at radius 3 is 2.26 bits per heavy atom. The first-order chi connectivity index (χ1) is 14.8. The highest BCUT2D eigenvalue weighted by Crippen LogP contribution is 2.44. The first-order valence-electron chi connectivity index (χ1n) is 10.1. The first-order valence-corrected chi connectivity index (χ1v) is 10.1. The van der Waals surface area contributed by atoms with Gasteiger partial charge in [0.05, 0.1) is 6.61 Å². The van der Waals surface area contributed by atoms with Crippen LogP contribution in [0.25, 0.3) is 11.1 Å². The van der Waals surface area contributed by atoms with E-state index in [0.29, 0.717) is 0 Å². The molecule has 2 aliphatic rings. The molecule has 0 unspecified atom stereocenters. The number of aliphatic carboxylic acids is 1. The number of benzene rings is 2. The molecule has 4 rings (SSSR count). The fraction of sp³-hybridized carbons (Fsp3) is 0.348. The summed E-state index contributed by atoms with van der Waals surface area (Å²) in [5.41, 5.74) is 3.36. The number of carbonyl (C=O) groups excluding carboxylic acids is 2. The zero-order chi connectivity index (χ0) is 22.2. The van der Waals surface area contributed by atoms with Crippen molar-refractivity contribution < 1.29 is 29.0 Å². The summed E-state index contributed by atoms with van der Waals surface area (Å²) in [6.45, 7) is 2.87. The van der Waals surface area contributed by atoms with Crippen molar-refractivity contribution in [2.24, 2.45) is 0 Å². The number of amides is 2. The molecule has 8 nitrogen and oxygen atoms in total. The SMILES string of the molecule is CC1(C)OC[C@H](C(=O)O)N1C(=O)CNC(=O)OCC1c2ccccc2-c2ccccc21. The lowest BCUT2D eigenvalue weighted by Gasteiger charge is -2.32. The molecule has 2 amide bonds. The van der Waals surface area contributed by atoms with Gasteiger partial charge in [-0.3, -0.25) is 9.69 Å². The van der Waals surface area contributed by atoms with E-state index in [1.54, 1.807) is 13.8 Å². The Balaban J connectivity index is 1.37. The number of fused-ring (bicyclic) bond motifs is 3. The van der Waals surface area contributed by atoms with Crippen molar-refractivity contribution in [3.05, 3.63) is 59.7 Å². The van der Waals surface area contributed by atoms with Crippen LogP contribution in [0.4, 0.5) is 4.79 Å². The van der Waals surface area contributed by atoms with Crippen LogP contribution in [0.3, 0.4) is 0 Å². The van der Waals surface area contributed by atoms with Crippen LogP contribution in [0.1, 0.15) is 30.9 Å². The summed E-state index contributed by atoms with van der Waals surface area (Å²) in [5, 5.41) is 11.7. The van der Waals surface area contributed by atoms with Gasteiger partial charge in [0.2, 0.25) is 5.91 Å². The molecule has 1 atom stereocenters. The van der Waals surface area contributed by atoms with Gasteiger partial charge in [0.15, 0.2) is 6.04 Å². The van der Waals surface area contributed by atoms with Crippen molar-refractivity contribution in [1.29, 1.82) is 0 Å². The van der Waals surface area contributed by atoms with E-state index in [1.807, 2.05) is 48.5 Å². The maximum Gasteiger partial charge on any atom is 0.407 e. The third-order valence-corrected chi connectivity index (χ3v) is 5.77. The minimum Gasteiger partial charge on any atom is -0.480 e. The average Bonchev–Trinajstić information content (AvgIpc) is 3.24. The van der Waals surface area contributed by atoms with Gasteiger partial charge in [0, 0.05) is 5.92 Å². The quantitative estimate of drug-likeness (QED) is 0.764. The fourth-order valence-corrected chi connectivity index (χ4v) is 4.34. The maximum absolute atomic E-state index is 12.6. The standard InChI is InChI=1S/C23H24N2O6/c1-23(2)25(19(13-31-23)21(27)28)20(26)11-24-22(29)30-12-18-16-9-5-3-7-14(16)15-8-4-6-10-17(15)18/h3-10,18-19H,11-13H2,1-2H3,(H,24,29)(H,27,28)/t19-/m1/s1. The highest BCUT2D eigenvalue weighted by atomic mass is 16.5. The molecule has 1 heterocycles. The number of hydrogen-bond donors (Lipinski definition) is 2. The van der Waals surface area contributed by atoms with Gasteiger partial charge in [0.25, 0.3) is 0 Å². The highest BCUT2D eigenvalue weighted by molar-refractivity contribution is 5.88. The second-order valence-corrected chi connectivity index (χ2v) is 8.05. The van der Waals surface area contributed by atoms with Gasteiger partial charge < -0.3 is 19.9 Å². The minimum atomic E-state index is -1.15. The van der Waals surface area contributed by atoms with E-state index < -0.39 is 29.7 Å². The number of carboxylic acid groups (broad SMARTS) is 1. The molecule has 0 saturated carbocycles. The number of carbonyl (C=O) groups is 3. The fourth-order valence-electron chi connectivity index (χ4n) is 4.34. The molecule has 8 heteroatoms. The van der Waals surface area contributed by atoms with Crippen molar-refractivity contribution in [1.82, 2.24) is 10.2 Å². The van der Waals surface area contributed by atoms with Gasteiger partial charge in [-0.1, -0.05) is 48.5 Å². The second-order valence-electron chi connectivity index (χ2n) is 8.05. The molecule has 31 heavy (non-hydrogen) atoms. The van der Waals surface area contributed by atoms with Crippen LogP contribution in [0.15, 0.2) is 48.5 Å². The van der Waals surface area contributed by atoms with E-state index in [1.165, 1.54) is 0 Å². The summed E-state index contributed by atoms with van der Waals surface area (Å²) in [6, 6.07) is 14.9. The Hall–Kier alpha value is -3.39. The lowest BCUT2D eigenvalue weighted by atomic mass is 9.98. The molecule has 162 valence electrons. The van der Waals surface area contributed by atoms with Crippen molar-refractivity contribution in [3.8, 4) is 11.1 Å². The summed E-state index contributed by atoms with van der Waals surface area (Å²) < 4.78 is 10.8. The predicted octanol–water partition coefficient (Wildman–Crippen LogP) is 2.57. The van der Waals surface area contributed by atoms with Crippen LogP contribution in [-0.4, -0.2) is 59.5 Å². The number of nitrogens with zero attached hydrogens (tertiary/aromatic N) is 1. The van der Waals surface area contributed by atoms with Gasteiger partial charge in [-0.05, 0) is 36.1 Å². The van der Waals surface area contributed by atoms with Crippen LogP contribution >= 0.6 is 0 Å². The molecule has 0 aromatic heterocycles. The van der Waals surface area contributed by atoms with Crippen LogP contribution in [0.5, 0.6) is 0 Å². The van der Waals surface area contributed by atoms with Crippen molar-refractivity contribution in [2.45, 2.75) is 31.5 Å². The third-order valence-electron chi connectivity index (χ3n) is 5.77. The van der Waals surface area contributed by atoms with Crippen molar-refractivity contribution in [3.63, 3.8) is 0 Å². The lowest BCUT2D eigenvalue weighted by molar-refractivity contribution is -0.154. The molecule has 2 N–H and O–H groups in total. The normalized spacial score (nSPS) is 18.9. The first kappa shape index (κ1) is 20.9. The zero-order valence-corrected chi connectivity index (χ0v) is 17.3. The van der Waals surface area contributed by atoms with Gasteiger partial charge in [-0.15, -0.1) is 0 Å². The molecular weight excluding hydrogens is 400 g/mol. The van der Waals surface area contributed by atoms with Crippen LogP contribution in [0, 0.1) is 0 Å². The topological polar surface area (TPSA) is 105 Å². The number of hydrogen-bond acceptors (Lipinski definition) is 5. The molecule has 0 radical (unpaired) electrons. The Morgan fingerprint density at radius 2 is 1.68 bits per heavy atom. The summed E-state index contributed by atoms with van der Waals surface area (Å²) >= 11 is 0. The molecule has 2 aromatic carbocycles. The predicted molar refractivity (Wildman–Crippen MR) is 111 cm³/mol. The minimum absolute atomic E-state index is 0.0869. The van der Waals surface area contributed by atoms with Gasteiger partial charge in [-0.25, -0.2) is 9.59 Å². The van der Waals surface area contributed by atoms with E-state index in [9.17, 15) is 19.5 Å². The largest absolute Gasteiger partial charge is 0.480 e. The second kappa shape index (κ2) is 8.03. The van der Waals surface area contributed by atoms with Crippen LogP contribution in [-0.2, 0) is 19.1 Å². The summed E-state index contributed by atoms with van der Waals surface area (Å²) in [5.74, 6) is -1.79. The number of alkyl carbamates (subject to hydrolysis) is 1. The van der Waals surface area contributed by atoms with Crippen LogP contribution < -0.4 is 5.32 Å². The Morgan fingerprint density at radius 1 is 1.10 bits per heavy atom. The monoisotopic (exact) mass is 424 g/mol. The molecule has 1 saturated heterocycles. The van der Waals surface area contributed by atoms with Gasteiger partial charge in [0.1, 0.15) is 18.9 Å². The van der Waals surface area contributed by atoms with E-state index >= 15 is 0 Å². The number of ether oxygens (including phenoxy) is 2. The highest BCUT2D eigenvalue weighted by Gasteiger charge is 2.47. The Kier molecular flexibility index (Phi) is 5.41. The molecule has 1 aliphatic carbocycles. The summed E-state index contributed by atoms with van der Waals surface area (Å²) in [7, 11) is 0. The number of carboxylic acids is 1. The van der Waals surface area contributed by atoms with Gasteiger partial charge >= 0.3 is 12.1 Å². The molecule has 2 aromatic rings. The smallest absolute Gasteiger partial charge is 0.407 e. The summed E-state index contributed by atoms with van der Waals surface area (Å²) in [4.78, 5) is 37.4. The maximum atomic E-state index is 12.6. The number of rotatable bonds is 5. The lowest BCUT2D eigenvalue weighted by Crippen LogP contribution is -2.53. The van der Waals surface area contributed by atoms with E-state index in [4.69, 9.17) is 9.47 Å². The van der Waals surface area contributed by atoms with Crippen molar-refractivity contribution >= 4 is 18.0 Å². The van der Waals surface area contributed by atoms with E-state index in [0.717, 1.165) is 27.2 Å². The third kappa shape index (κ3) is 3.86. The molecular formula is C23H24N2O6.